The van der Waals surface area contributed by atoms with E-state index in [1.807, 2.05) is 18.2 Å². The Morgan fingerprint density at radius 1 is 1.22 bits per heavy atom. The summed E-state index contributed by atoms with van der Waals surface area (Å²) in [5.41, 5.74) is 0.872. The van der Waals surface area contributed by atoms with Crippen LogP contribution in [-0.4, -0.2) is 16.6 Å². The van der Waals surface area contributed by atoms with Gasteiger partial charge in [0.25, 0.3) is 0 Å². The van der Waals surface area contributed by atoms with E-state index in [-0.39, 0.29) is 12.6 Å². The highest BCUT2D eigenvalue weighted by Crippen LogP contribution is 2.35. The quantitative estimate of drug-likeness (QED) is 0.844. The van der Waals surface area contributed by atoms with Crippen molar-refractivity contribution in [1.29, 1.82) is 0 Å². The minimum Gasteiger partial charge on any atom is -0.477 e. The molecule has 1 aromatic heterocycles. The number of halogens is 3. The van der Waals surface area contributed by atoms with Crippen molar-refractivity contribution in [3.05, 3.63) is 41.6 Å². The summed E-state index contributed by atoms with van der Waals surface area (Å²) in [6, 6.07) is 7.60. The summed E-state index contributed by atoms with van der Waals surface area (Å²) in [4.78, 5) is 7.57. The molecule has 0 saturated carbocycles. The number of aromatic nitrogens is 2. The molecule has 0 atom stereocenters. The summed E-state index contributed by atoms with van der Waals surface area (Å²) < 4.78 is 43.7. The van der Waals surface area contributed by atoms with Crippen LogP contribution in [0.2, 0.25) is 0 Å². The molecule has 0 unspecified atom stereocenters. The Morgan fingerprint density at radius 3 is 2.65 bits per heavy atom. The zero-order valence-corrected chi connectivity index (χ0v) is 12.9. The van der Waals surface area contributed by atoms with Crippen molar-refractivity contribution >= 4 is 11.6 Å². The van der Waals surface area contributed by atoms with Gasteiger partial charge in [-0.2, -0.15) is 18.2 Å². The van der Waals surface area contributed by atoms with Crippen LogP contribution in [0.15, 0.2) is 30.5 Å². The Bertz CT molecular complexity index is 659. The zero-order chi connectivity index (χ0) is 16.9. The molecule has 0 fully saturated rings. The second-order valence-corrected chi connectivity index (χ2v) is 4.92. The molecule has 1 heterocycles. The van der Waals surface area contributed by atoms with Crippen LogP contribution in [-0.2, 0) is 12.6 Å². The van der Waals surface area contributed by atoms with Gasteiger partial charge in [0.15, 0.2) is 0 Å². The largest absolute Gasteiger partial charge is 0.477 e. The first kappa shape index (κ1) is 17.1. The number of rotatable bonds is 6. The maximum Gasteiger partial charge on any atom is 0.423 e. The van der Waals surface area contributed by atoms with E-state index in [0.717, 1.165) is 30.3 Å². The molecular formula is C16H18F3N3O. The average molecular weight is 325 g/mol. The second kappa shape index (κ2) is 7.30. The third-order valence-corrected chi connectivity index (χ3v) is 3.06. The minimum atomic E-state index is -4.55. The number of nitrogens with one attached hydrogen (secondary N) is 1. The molecule has 0 spiro atoms. The van der Waals surface area contributed by atoms with Crippen LogP contribution in [0.3, 0.4) is 0 Å². The Kier molecular flexibility index (Phi) is 5.41. The lowest BCUT2D eigenvalue weighted by Gasteiger charge is -2.13. The fraction of sp³-hybridized carbons (Fsp3) is 0.375. The fourth-order valence-corrected chi connectivity index (χ4v) is 2.09. The van der Waals surface area contributed by atoms with E-state index in [1.165, 1.54) is 0 Å². The van der Waals surface area contributed by atoms with E-state index in [1.54, 1.807) is 13.0 Å². The third-order valence-electron chi connectivity index (χ3n) is 3.06. The van der Waals surface area contributed by atoms with Crippen molar-refractivity contribution in [3.63, 3.8) is 0 Å². The van der Waals surface area contributed by atoms with Crippen molar-refractivity contribution in [1.82, 2.24) is 9.97 Å². The van der Waals surface area contributed by atoms with E-state index in [4.69, 9.17) is 4.74 Å². The van der Waals surface area contributed by atoms with Crippen LogP contribution in [0.1, 0.15) is 31.4 Å². The van der Waals surface area contributed by atoms with Gasteiger partial charge in [0, 0.05) is 11.9 Å². The monoisotopic (exact) mass is 325 g/mol. The van der Waals surface area contributed by atoms with Crippen molar-refractivity contribution in [3.8, 4) is 5.88 Å². The molecule has 23 heavy (non-hydrogen) atoms. The predicted molar refractivity (Wildman–Crippen MR) is 81.9 cm³/mol. The Labute approximate surface area is 132 Å². The summed E-state index contributed by atoms with van der Waals surface area (Å²) in [5.74, 6) is -0.405. The van der Waals surface area contributed by atoms with Gasteiger partial charge in [0.2, 0.25) is 11.8 Å². The van der Waals surface area contributed by atoms with E-state index < -0.39 is 17.6 Å². The van der Waals surface area contributed by atoms with Gasteiger partial charge in [-0.15, -0.1) is 0 Å². The number of ether oxygens (including phenoxy) is 1. The molecule has 124 valence electrons. The van der Waals surface area contributed by atoms with Crippen LogP contribution >= 0.6 is 0 Å². The molecule has 0 bridgehead atoms. The molecule has 4 nitrogen and oxygen atoms in total. The molecule has 0 aliphatic heterocycles. The van der Waals surface area contributed by atoms with Gasteiger partial charge >= 0.3 is 6.18 Å². The maximum atomic E-state index is 12.9. The molecule has 0 radical (unpaired) electrons. The van der Waals surface area contributed by atoms with E-state index >= 15 is 0 Å². The molecule has 2 rings (SSSR count). The summed E-state index contributed by atoms with van der Waals surface area (Å²) in [7, 11) is 0. The number of anilines is 2. The standard InChI is InChI=1S/C16H18F3N3O/c1-3-6-11-7-5-8-12(9-11)21-15-20-10-13(16(17,18)19)14(22-15)23-4-2/h5,7-10H,3-4,6H2,1-2H3,(H,20,21,22). The summed E-state index contributed by atoms with van der Waals surface area (Å²) in [5, 5.41) is 2.91. The van der Waals surface area contributed by atoms with E-state index in [0.29, 0.717) is 0 Å². The molecule has 1 N–H and O–H groups in total. The molecular weight excluding hydrogens is 307 g/mol. The maximum absolute atomic E-state index is 12.9. The molecule has 7 heteroatoms. The van der Waals surface area contributed by atoms with Gasteiger partial charge in [-0.05, 0) is 31.0 Å². The van der Waals surface area contributed by atoms with Gasteiger partial charge in [0.05, 0.1) is 6.61 Å². The zero-order valence-electron chi connectivity index (χ0n) is 12.9. The highest BCUT2D eigenvalue weighted by molar-refractivity contribution is 5.55. The highest BCUT2D eigenvalue weighted by atomic mass is 19.4. The smallest absolute Gasteiger partial charge is 0.423 e. The molecule has 2 aromatic rings. The molecule has 0 aliphatic rings. The molecule has 1 aromatic carbocycles. The lowest BCUT2D eigenvalue weighted by molar-refractivity contribution is -0.139. The molecule has 0 aliphatic carbocycles. The number of nitrogens with zero attached hydrogens (tertiary/aromatic N) is 2. The summed E-state index contributed by atoms with van der Waals surface area (Å²) >= 11 is 0. The molecule has 0 amide bonds. The summed E-state index contributed by atoms with van der Waals surface area (Å²) in [6.07, 6.45) is -1.89. The lowest BCUT2D eigenvalue weighted by atomic mass is 10.1. The van der Waals surface area contributed by atoms with Gasteiger partial charge in [-0.25, -0.2) is 4.98 Å². The van der Waals surface area contributed by atoms with Crippen LogP contribution < -0.4 is 10.1 Å². The van der Waals surface area contributed by atoms with Crippen LogP contribution in [0.25, 0.3) is 0 Å². The fourth-order valence-electron chi connectivity index (χ4n) is 2.09. The highest BCUT2D eigenvalue weighted by Gasteiger charge is 2.36. The van der Waals surface area contributed by atoms with Crippen molar-refractivity contribution in [2.75, 3.05) is 11.9 Å². The second-order valence-electron chi connectivity index (χ2n) is 4.92. The van der Waals surface area contributed by atoms with Gasteiger partial charge in [-0.3, -0.25) is 0 Å². The number of alkyl halides is 3. The number of hydrogen-bond donors (Lipinski definition) is 1. The SMILES string of the molecule is CCCc1cccc(Nc2ncc(C(F)(F)F)c(OCC)n2)c1. The van der Waals surface area contributed by atoms with Crippen molar-refractivity contribution in [2.24, 2.45) is 0 Å². The normalized spacial score (nSPS) is 11.3. The van der Waals surface area contributed by atoms with Crippen molar-refractivity contribution < 1.29 is 17.9 Å². The first-order valence-corrected chi connectivity index (χ1v) is 7.37. The lowest BCUT2D eigenvalue weighted by Crippen LogP contribution is -2.12. The first-order valence-electron chi connectivity index (χ1n) is 7.37. The summed E-state index contributed by atoms with van der Waals surface area (Å²) in [6.45, 7) is 3.77. The topological polar surface area (TPSA) is 47.0 Å². The molecule has 0 saturated heterocycles. The Morgan fingerprint density at radius 2 is 2.00 bits per heavy atom. The predicted octanol–water partition coefficient (Wildman–Crippen LogP) is 4.59. The number of benzene rings is 1. The Hall–Kier alpha value is -2.31. The first-order chi connectivity index (χ1) is 10.9. The van der Waals surface area contributed by atoms with Crippen molar-refractivity contribution in [2.45, 2.75) is 32.9 Å². The van der Waals surface area contributed by atoms with E-state index in [9.17, 15) is 13.2 Å². The average Bonchev–Trinajstić information content (AvgIpc) is 2.47. The van der Waals surface area contributed by atoms with Gasteiger partial charge in [-0.1, -0.05) is 25.5 Å². The van der Waals surface area contributed by atoms with Gasteiger partial charge in [0.1, 0.15) is 5.56 Å². The van der Waals surface area contributed by atoms with Crippen LogP contribution in [0.5, 0.6) is 5.88 Å². The Balaban J connectivity index is 2.26. The minimum absolute atomic E-state index is 0.0649. The van der Waals surface area contributed by atoms with Crippen LogP contribution in [0.4, 0.5) is 24.8 Å². The van der Waals surface area contributed by atoms with E-state index in [2.05, 4.69) is 22.2 Å². The van der Waals surface area contributed by atoms with Gasteiger partial charge < -0.3 is 10.1 Å². The van der Waals surface area contributed by atoms with Crippen LogP contribution in [0, 0.1) is 0 Å². The third kappa shape index (κ3) is 4.58. The number of aryl methyl sites for hydroxylation is 1. The number of hydrogen-bond acceptors (Lipinski definition) is 4.